The van der Waals surface area contributed by atoms with Gasteiger partial charge in [-0.2, -0.15) is 0 Å². The van der Waals surface area contributed by atoms with Crippen LogP contribution in [0.15, 0.2) is 45.5 Å². The quantitative estimate of drug-likeness (QED) is 0.841. The number of furan rings is 1. The van der Waals surface area contributed by atoms with Gasteiger partial charge in [-0.1, -0.05) is 22.0 Å². The third kappa shape index (κ3) is 3.81. The second kappa shape index (κ2) is 6.52. The molecule has 4 nitrogen and oxygen atoms in total. The molecule has 2 aromatic rings. The van der Waals surface area contributed by atoms with Gasteiger partial charge in [-0.3, -0.25) is 9.59 Å². The van der Waals surface area contributed by atoms with Crippen LogP contribution in [0.5, 0.6) is 0 Å². The van der Waals surface area contributed by atoms with E-state index in [0.29, 0.717) is 5.69 Å². The minimum atomic E-state index is -0.194. The normalized spacial score (nSPS) is 10.3. The Morgan fingerprint density at radius 3 is 2.70 bits per heavy atom. The average molecular weight is 336 g/mol. The first-order valence-electron chi connectivity index (χ1n) is 6.19. The summed E-state index contributed by atoms with van der Waals surface area (Å²) >= 11 is 3.41. The van der Waals surface area contributed by atoms with Gasteiger partial charge in [-0.05, 0) is 36.8 Å². The van der Waals surface area contributed by atoms with Crippen molar-refractivity contribution in [3.8, 4) is 0 Å². The van der Waals surface area contributed by atoms with Gasteiger partial charge in [0.15, 0.2) is 11.5 Å². The molecule has 0 spiro atoms. The number of carbonyl (C=O) groups excluding carboxylic acids is 2. The first-order valence-corrected chi connectivity index (χ1v) is 6.98. The summed E-state index contributed by atoms with van der Waals surface area (Å²) < 4.78 is 5.92. The third-order valence-corrected chi connectivity index (χ3v) is 3.69. The lowest BCUT2D eigenvalue weighted by atomic mass is 10.1. The number of anilines is 1. The summed E-state index contributed by atoms with van der Waals surface area (Å²) in [4.78, 5) is 23.5. The molecular formula is C15H14BrNO3. The minimum Gasteiger partial charge on any atom is -0.461 e. The average Bonchev–Trinajstić information content (AvgIpc) is 2.94. The molecule has 0 bridgehead atoms. The van der Waals surface area contributed by atoms with Crippen LogP contribution in [0.2, 0.25) is 0 Å². The summed E-state index contributed by atoms with van der Waals surface area (Å²) in [6.07, 6.45) is 1.70. The highest BCUT2D eigenvalue weighted by molar-refractivity contribution is 9.10. The molecule has 1 heterocycles. The Balaban J connectivity index is 1.86. The van der Waals surface area contributed by atoms with E-state index in [-0.39, 0.29) is 30.3 Å². The number of rotatable bonds is 5. The number of ketones is 1. The summed E-state index contributed by atoms with van der Waals surface area (Å²) in [7, 11) is 0. The van der Waals surface area contributed by atoms with Gasteiger partial charge in [0, 0.05) is 23.0 Å². The van der Waals surface area contributed by atoms with Crippen molar-refractivity contribution in [2.45, 2.75) is 19.8 Å². The number of benzene rings is 1. The maximum absolute atomic E-state index is 11.8. The SMILES string of the molecule is Cc1ccc(NC(=O)CCC(=O)c2ccco2)cc1Br. The monoisotopic (exact) mass is 335 g/mol. The maximum atomic E-state index is 11.8. The molecule has 0 aliphatic heterocycles. The molecule has 0 aliphatic rings. The van der Waals surface area contributed by atoms with Crippen molar-refractivity contribution in [2.24, 2.45) is 0 Å². The molecule has 0 unspecified atom stereocenters. The molecular weight excluding hydrogens is 322 g/mol. The number of nitrogens with one attached hydrogen (secondary N) is 1. The van der Waals surface area contributed by atoms with Crippen molar-refractivity contribution in [3.63, 3.8) is 0 Å². The Morgan fingerprint density at radius 2 is 2.05 bits per heavy atom. The molecule has 1 aromatic heterocycles. The minimum absolute atomic E-state index is 0.130. The van der Waals surface area contributed by atoms with Crippen LogP contribution in [-0.4, -0.2) is 11.7 Å². The molecule has 1 N–H and O–H groups in total. The van der Waals surface area contributed by atoms with E-state index >= 15 is 0 Å². The van der Waals surface area contributed by atoms with Crippen LogP contribution in [0.3, 0.4) is 0 Å². The van der Waals surface area contributed by atoms with Gasteiger partial charge >= 0.3 is 0 Å². The van der Waals surface area contributed by atoms with Crippen molar-refractivity contribution in [3.05, 3.63) is 52.4 Å². The van der Waals surface area contributed by atoms with E-state index < -0.39 is 0 Å². The lowest BCUT2D eigenvalue weighted by Gasteiger charge is -2.06. The Bertz CT molecular complexity index is 620. The van der Waals surface area contributed by atoms with Gasteiger partial charge in [0.2, 0.25) is 5.91 Å². The zero-order valence-electron chi connectivity index (χ0n) is 11.0. The smallest absolute Gasteiger partial charge is 0.224 e. The number of carbonyl (C=O) groups is 2. The first-order chi connectivity index (χ1) is 9.56. The summed E-state index contributed by atoms with van der Waals surface area (Å²) in [5.41, 5.74) is 1.80. The molecule has 104 valence electrons. The fourth-order valence-corrected chi connectivity index (χ4v) is 2.06. The molecule has 0 fully saturated rings. The Morgan fingerprint density at radius 1 is 1.25 bits per heavy atom. The predicted molar refractivity (Wildman–Crippen MR) is 79.8 cm³/mol. The number of Topliss-reactive ketones (excluding diaryl/α,β-unsaturated/α-hetero) is 1. The van der Waals surface area contributed by atoms with Crippen molar-refractivity contribution < 1.29 is 14.0 Å². The Labute approximate surface area is 125 Å². The maximum Gasteiger partial charge on any atom is 0.224 e. The molecule has 20 heavy (non-hydrogen) atoms. The molecule has 5 heteroatoms. The van der Waals surface area contributed by atoms with Crippen LogP contribution in [0.25, 0.3) is 0 Å². The predicted octanol–water partition coefficient (Wildman–Crippen LogP) is 3.95. The van der Waals surface area contributed by atoms with Crippen molar-refractivity contribution in [2.75, 3.05) is 5.32 Å². The highest BCUT2D eigenvalue weighted by Crippen LogP contribution is 2.20. The van der Waals surface area contributed by atoms with Crippen LogP contribution < -0.4 is 5.32 Å². The highest BCUT2D eigenvalue weighted by atomic mass is 79.9. The van der Waals surface area contributed by atoms with E-state index in [1.807, 2.05) is 25.1 Å². The molecule has 2 rings (SSSR count). The lowest BCUT2D eigenvalue weighted by Crippen LogP contribution is -2.13. The Hall–Kier alpha value is -1.88. The van der Waals surface area contributed by atoms with Crippen LogP contribution in [0.4, 0.5) is 5.69 Å². The van der Waals surface area contributed by atoms with E-state index in [2.05, 4.69) is 21.2 Å². The highest BCUT2D eigenvalue weighted by Gasteiger charge is 2.11. The number of hydrogen-bond donors (Lipinski definition) is 1. The van der Waals surface area contributed by atoms with Crippen LogP contribution >= 0.6 is 15.9 Å². The van der Waals surface area contributed by atoms with Gasteiger partial charge in [-0.25, -0.2) is 0 Å². The van der Waals surface area contributed by atoms with Crippen molar-refractivity contribution in [1.29, 1.82) is 0 Å². The lowest BCUT2D eigenvalue weighted by molar-refractivity contribution is -0.116. The van der Waals surface area contributed by atoms with E-state index in [0.717, 1.165) is 10.0 Å². The number of halogens is 1. The second-order valence-corrected chi connectivity index (χ2v) is 5.27. The zero-order valence-corrected chi connectivity index (χ0v) is 12.6. The fourth-order valence-electron chi connectivity index (χ4n) is 1.68. The number of amides is 1. The van der Waals surface area contributed by atoms with E-state index in [1.54, 1.807) is 12.1 Å². The summed E-state index contributed by atoms with van der Waals surface area (Å²) in [5.74, 6) is -0.0771. The summed E-state index contributed by atoms with van der Waals surface area (Å²) in [6.45, 7) is 1.97. The molecule has 0 saturated carbocycles. The summed E-state index contributed by atoms with van der Waals surface area (Å²) in [5, 5.41) is 2.76. The first kappa shape index (κ1) is 14.5. The molecule has 0 aliphatic carbocycles. The molecule has 0 radical (unpaired) electrons. The zero-order chi connectivity index (χ0) is 14.5. The fraction of sp³-hybridized carbons (Fsp3) is 0.200. The number of aryl methyl sites for hydroxylation is 1. The molecule has 1 amide bonds. The molecule has 0 atom stereocenters. The van der Waals surface area contributed by atoms with Gasteiger partial charge in [-0.15, -0.1) is 0 Å². The second-order valence-electron chi connectivity index (χ2n) is 4.41. The van der Waals surface area contributed by atoms with Crippen LogP contribution in [0, 0.1) is 6.92 Å². The van der Waals surface area contributed by atoms with Gasteiger partial charge < -0.3 is 9.73 Å². The molecule has 0 saturated heterocycles. The van der Waals surface area contributed by atoms with Crippen LogP contribution in [0.1, 0.15) is 29.0 Å². The largest absolute Gasteiger partial charge is 0.461 e. The van der Waals surface area contributed by atoms with E-state index in [1.165, 1.54) is 6.26 Å². The van der Waals surface area contributed by atoms with Crippen LogP contribution in [-0.2, 0) is 4.79 Å². The third-order valence-electron chi connectivity index (χ3n) is 2.83. The Kier molecular flexibility index (Phi) is 4.74. The van der Waals surface area contributed by atoms with Gasteiger partial charge in [0.05, 0.1) is 6.26 Å². The van der Waals surface area contributed by atoms with Crippen molar-refractivity contribution in [1.82, 2.24) is 0 Å². The summed E-state index contributed by atoms with van der Waals surface area (Å²) in [6, 6.07) is 8.82. The number of hydrogen-bond acceptors (Lipinski definition) is 3. The molecule has 1 aromatic carbocycles. The van der Waals surface area contributed by atoms with E-state index in [9.17, 15) is 9.59 Å². The van der Waals surface area contributed by atoms with Gasteiger partial charge in [0.1, 0.15) is 0 Å². The van der Waals surface area contributed by atoms with E-state index in [4.69, 9.17) is 4.42 Å². The topological polar surface area (TPSA) is 59.3 Å². The van der Waals surface area contributed by atoms with Crippen molar-refractivity contribution >= 4 is 33.3 Å². The van der Waals surface area contributed by atoms with Gasteiger partial charge in [0.25, 0.3) is 0 Å². The standard InChI is InChI=1S/C15H14BrNO3/c1-10-4-5-11(9-12(10)16)17-15(19)7-6-13(18)14-3-2-8-20-14/h2-5,8-9H,6-7H2,1H3,(H,17,19).